The second kappa shape index (κ2) is 18.9. The lowest BCUT2D eigenvalue weighted by atomic mass is 10.0. The third kappa shape index (κ3) is 20.6. The molecule has 0 rings (SSSR count). The summed E-state index contributed by atoms with van der Waals surface area (Å²) >= 11 is 0. The summed E-state index contributed by atoms with van der Waals surface area (Å²) in [5.74, 6) is -0.221. The zero-order valence-corrected chi connectivity index (χ0v) is 20.0. The van der Waals surface area contributed by atoms with Crippen LogP contribution in [0.15, 0.2) is 0 Å². The Morgan fingerprint density at radius 3 is 1.32 bits per heavy atom. The van der Waals surface area contributed by atoms with Crippen LogP contribution in [0.1, 0.15) is 122 Å². The molecule has 4 nitrogen and oxygen atoms in total. The monoisotopic (exact) mass is 419 g/mol. The van der Waals surface area contributed by atoms with Gasteiger partial charge in [-0.15, -0.1) is 0 Å². The summed E-state index contributed by atoms with van der Waals surface area (Å²) in [6.45, 7) is 2.27. The predicted octanol–water partition coefficient (Wildman–Crippen LogP) is 5.09. The average Bonchev–Trinajstić information content (AvgIpc) is 2.62. The molecule has 0 spiro atoms. The molecule has 0 aromatic heterocycles. The van der Waals surface area contributed by atoms with E-state index in [0.29, 0.717) is 6.42 Å². The lowest BCUT2D eigenvalue weighted by Crippen LogP contribution is -3.10. The summed E-state index contributed by atoms with van der Waals surface area (Å²) in [4.78, 5) is 1.25. The normalized spacial score (nSPS) is 13.3. The van der Waals surface area contributed by atoms with Crippen LogP contribution in [-0.4, -0.2) is 38.9 Å². The van der Waals surface area contributed by atoms with Gasteiger partial charge in [0.2, 0.25) is 0 Å². The van der Waals surface area contributed by atoms with E-state index in [4.69, 9.17) is 0 Å². The van der Waals surface area contributed by atoms with Gasteiger partial charge >= 0.3 is 0 Å². The van der Waals surface area contributed by atoms with E-state index in [1.807, 2.05) is 0 Å². The van der Waals surface area contributed by atoms with Gasteiger partial charge in [0.1, 0.15) is 0 Å². The lowest BCUT2D eigenvalue weighted by Gasteiger charge is -2.22. The first-order chi connectivity index (χ1) is 13.4. The van der Waals surface area contributed by atoms with Crippen molar-refractivity contribution in [3.05, 3.63) is 0 Å². The molecule has 1 unspecified atom stereocenters. The molecule has 0 aromatic carbocycles. The summed E-state index contributed by atoms with van der Waals surface area (Å²) in [6, 6.07) is 0.287. The van der Waals surface area contributed by atoms with Gasteiger partial charge in [0.05, 0.1) is 30.3 Å². The van der Waals surface area contributed by atoms with E-state index in [1.165, 1.54) is 101 Å². The van der Waals surface area contributed by atoms with E-state index in [0.717, 1.165) is 12.8 Å². The first kappa shape index (κ1) is 27.9. The van der Waals surface area contributed by atoms with Gasteiger partial charge in [-0.25, -0.2) is 8.42 Å². The Balaban J connectivity index is 3.38. The number of unbranched alkanes of at least 4 members (excludes halogenated alkanes) is 15. The maximum Gasteiger partial charge on any atom is 0.0948 e. The highest BCUT2D eigenvalue weighted by Gasteiger charge is 2.15. The minimum absolute atomic E-state index is 0.221. The summed E-state index contributed by atoms with van der Waals surface area (Å²) in [6.07, 6.45) is 23.3. The first-order valence-electron chi connectivity index (χ1n) is 12.1. The molecule has 0 aromatic rings. The van der Waals surface area contributed by atoms with Crippen LogP contribution in [0.3, 0.4) is 0 Å². The fourth-order valence-electron chi connectivity index (χ4n) is 3.95. The van der Waals surface area contributed by atoms with Crippen LogP contribution in [0.4, 0.5) is 0 Å². The SMILES string of the molecule is CCCCCCCCCCCCCCCCCCC(CCS(=O)(=O)[O-])[NH+](C)C. The molecular weight excluding hydrogens is 370 g/mol. The Hall–Kier alpha value is -0.130. The van der Waals surface area contributed by atoms with E-state index in [-0.39, 0.29) is 11.8 Å². The van der Waals surface area contributed by atoms with Crippen molar-refractivity contribution >= 4 is 10.1 Å². The zero-order chi connectivity index (χ0) is 21.1. The molecule has 5 heteroatoms. The third-order valence-corrected chi connectivity index (χ3v) is 6.67. The summed E-state index contributed by atoms with van der Waals surface area (Å²) in [7, 11) is 0.0234. The fourth-order valence-corrected chi connectivity index (χ4v) is 4.52. The van der Waals surface area contributed by atoms with Crippen molar-refractivity contribution in [2.75, 3.05) is 19.8 Å². The highest BCUT2D eigenvalue weighted by molar-refractivity contribution is 7.85. The molecule has 0 aliphatic carbocycles. The molecule has 0 saturated carbocycles. The number of quaternary nitrogens is 1. The van der Waals surface area contributed by atoms with Crippen LogP contribution in [0, 0.1) is 0 Å². The van der Waals surface area contributed by atoms with Crippen molar-refractivity contribution in [2.24, 2.45) is 0 Å². The van der Waals surface area contributed by atoms with E-state index in [2.05, 4.69) is 21.0 Å². The smallest absolute Gasteiger partial charge is 0.0948 e. The molecule has 0 heterocycles. The van der Waals surface area contributed by atoms with Crippen LogP contribution in [0.2, 0.25) is 0 Å². The lowest BCUT2D eigenvalue weighted by molar-refractivity contribution is -0.886. The van der Waals surface area contributed by atoms with Crippen molar-refractivity contribution in [2.45, 2.75) is 129 Å². The first-order valence-corrected chi connectivity index (χ1v) is 13.7. The highest BCUT2D eigenvalue weighted by Crippen LogP contribution is 2.14. The van der Waals surface area contributed by atoms with E-state index >= 15 is 0 Å². The Kier molecular flexibility index (Phi) is 18.8. The van der Waals surface area contributed by atoms with E-state index < -0.39 is 10.1 Å². The summed E-state index contributed by atoms with van der Waals surface area (Å²) in [5, 5.41) is 0. The Morgan fingerprint density at radius 1 is 0.643 bits per heavy atom. The standard InChI is InChI=1S/C23H49NO3S/c1-4-5-6-7-8-9-10-11-12-13-14-15-16-17-18-19-20-23(24(2)3)21-22-28(25,26)27/h23H,4-22H2,1-3H3,(H,25,26,27). The Morgan fingerprint density at radius 2 is 1.00 bits per heavy atom. The molecule has 0 amide bonds. The second-order valence-corrected chi connectivity index (χ2v) is 10.4. The van der Waals surface area contributed by atoms with Gasteiger partial charge in [-0.3, -0.25) is 0 Å². The molecule has 0 radical (unpaired) electrons. The van der Waals surface area contributed by atoms with Gasteiger partial charge in [-0.05, 0) is 12.8 Å². The molecule has 170 valence electrons. The summed E-state index contributed by atoms with van der Waals surface area (Å²) in [5.41, 5.74) is 0. The minimum Gasteiger partial charge on any atom is -0.748 e. The van der Waals surface area contributed by atoms with Crippen LogP contribution < -0.4 is 4.90 Å². The van der Waals surface area contributed by atoms with Gasteiger partial charge in [0, 0.05) is 12.2 Å². The molecule has 1 N–H and O–H groups in total. The van der Waals surface area contributed by atoms with Crippen LogP contribution >= 0.6 is 0 Å². The van der Waals surface area contributed by atoms with Crippen molar-refractivity contribution in [1.82, 2.24) is 0 Å². The molecule has 0 aliphatic rings. The number of hydrogen-bond acceptors (Lipinski definition) is 3. The van der Waals surface area contributed by atoms with Crippen LogP contribution in [-0.2, 0) is 10.1 Å². The Bertz CT molecular complexity index is 424. The largest absolute Gasteiger partial charge is 0.748 e. The van der Waals surface area contributed by atoms with Crippen molar-refractivity contribution < 1.29 is 17.9 Å². The summed E-state index contributed by atoms with van der Waals surface area (Å²) < 4.78 is 32.5. The van der Waals surface area contributed by atoms with Crippen molar-refractivity contribution in [1.29, 1.82) is 0 Å². The number of nitrogens with one attached hydrogen (secondary N) is 1. The van der Waals surface area contributed by atoms with E-state index in [1.54, 1.807) is 0 Å². The van der Waals surface area contributed by atoms with E-state index in [9.17, 15) is 13.0 Å². The molecular formula is C23H49NO3S. The molecule has 1 atom stereocenters. The van der Waals surface area contributed by atoms with Gasteiger partial charge in [0.25, 0.3) is 0 Å². The molecule has 28 heavy (non-hydrogen) atoms. The van der Waals surface area contributed by atoms with Gasteiger partial charge in [0.15, 0.2) is 0 Å². The topological polar surface area (TPSA) is 61.6 Å². The maximum absolute atomic E-state index is 10.8. The van der Waals surface area contributed by atoms with Gasteiger partial charge < -0.3 is 9.45 Å². The molecule has 0 bridgehead atoms. The maximum atomic E-state index is 10.8. The number of hydrogen-bond donors (Lipinski definition) is 1. The fraction of sp³-hybridized carbons (Fsp3) is 1.00. The molecule has 0 saturated heterocycles. The zero-order valence-electron chi connectivity index (χ0n) is 19.1. The molecule has 0 aliphatic heterocycles. The second-order valence-electron chi connectivity index (χ2n) is 8.92. The van der Waals surface area contributed by atoms with Crippen molar-refractivity contribution in [3.63, 3.8) is 0 Å². The van der Waals surface area contributed by atoms with Gasteiger partial charge in [-0.2, -0.15) is 0 Å². The van der Waals surface area contributed by atoms with Crippen LogP contribution in [0.5, 0.6) is 0 Å². The quantitative estimate of drug-likeness (QED) is 0.208. The Labute approximate surface area is 176 Å². The van der Waals surface area contributed by atoms with Gasteiger partial charge in [-0.1, -0.05) is 103 Å². The van der Waals surface area contributed by atoms with Crippen LogP contribution in [0.25, 0.3) is 0 Å². The average molecular weight is 420 g/mol. The minimum atomic E-state index is -4.08. The number of rotatable bonds is 21. The van der Waals surface area contributed by atoms with Crippen molar-refractivity contribution in [3.8, 4) is 0 Å². The molecule has 0 fully saturated rings. The predicted molar refractivity (Wildman–Crippen MR) is 120 cm³/mol. The third-order valence-electron chi connectivity index (χ3n) is 5.94. The highest BCUT2D eigenvalue weighted by atomic mass is 32.2.